The van der Waals surface area contributed by atoms with Gasteiger partial charge in [-0.3, -0.25) is 4.98 Å². The molecule has 0 spiro atoms. The SMILES string of the molecule is Cc1cc(N(C)CCN(C)C)c2cc(N)ccc2n1. The van der Waals surface area contributed by atoms with Gasteiger partial charge in [0, 0.05) is 42.6 Å². The van der Waals surface area contributed by atoms with Crippen LogP contribution in [-0.4, -0.2) is 44.1 Å². The lowest BCUT2D eigenvalue weighted by molar-refractivity contribution is 0.416. The fourth-order valence-corrected chi connectivity index (χ4v) is 2.14. The lowest BCUT2D eigenvalue weighted by atomic mass is 10.1. The molecule has 1 heterocycles. The zero-order valence-corrected chi connectivity index (χ0v) is 12.1. The molecule has 19 heavy (non-hydrogen) atoms. The molecule has 2 aromatic rings. The van der Waals surface area contributed by atoms with Crippen LogP contribution in [0, 0.1) is 6.92 Å². The average molecular weight is 258 g/mol. The number of aromatic nitrogens is 1. The van der Waals surface area contributed by atoms with Gasteiger partial charge in [-0.2, -0.15) is 0 Å². The Morgan fingerprint density at radius 1 is 1.11 bits per heavy atom. The molecule has 4 nitrogen and oxygen atoms in total. The Kier molecular flexibility index (Phi) is 3.90. The van der Waals surface area contributed by atoms with Crippen LogP contribution in [0.2, 0.25) is 0 Å². The van der Waals surface area contributed by atoms with Crippen molar-refractivity contribution < 1.29 is 0 Å². The summed E-state index contributed by atoms with van der Waals surface area (Å²) < 4.78 is 0. The van der Waals surface area contributed by atoms with Crippen LogP contribution in [0.15, 0.2) is 24.3 Å². The van der Waals surface area contributed by atoms with Gasteiger partial charge in [0.2, 0.25) is 0 Å². The molecule has 1 aromatic carbocycles. The first-order chi connectivity index (χ1) is 8.97. The van der Waals surface area contributed by atoms with E-state index in [4.69, 9.17) is 5.73 Å². The Morgan fingerprint density at radius 3 is 2.53 bits per heavy atom. The molecule has 0 saturated heterocycles. The van der Waals surface area contributed by atoms with Crippen LogP contribution < -0.4 is 10.6 Å². The van der Waals surface area contributed by atoms with Gasteiger partial charge in [-0.25, -0.2) is 0 Å². The molecule has 1 aromatic heterocycles. The Bertz CT molecular complexity index is 578. The zero-order chi connectivity index (χ0) is 14.0. The molecule has 0 amide bonds. The van der Waals surface area contributed by atoms with Crippen molar-refractivity contribution in [3.63, 3.8) is 0 Å². The molecule has 102 valence electrons. The molecular formula is C15H22N4. The zero-order valence-electron chi connectivity index (χ0n) is 12.1. The van der Waals surface area contributed by atoms with E-state index in [-0.39, 0.29) is 0 Å². The number of nitrogens with two attached hydrogens (primary N) is 1. The number of fused-ring (bicyclic) bond motifs is 1. The van der Waals surface area contributed by atoms with Gasteiger partial charge >= 0.3 is 0 Å². The quantitative estimate of drug-likeness (QED) is 0.853. The lowest BCUT2D eigenvalue weighted by Gasteiger charge is -2.23. The van der Waals surface area contributed by atoms with Gasteiger partial charge in [-0.1, -0.05) is 0 Å². The third kappa shape index (κ3) is 3.15. The fraction of sp³-hybridized carbons (Fsp3) is 0.400. The number of nitrogens with zero attached hydrogens (tertiary/aromatic N) is 3. The highest BCUT2D eigenvalue weighted by Gasteiger charge is 2.09. The highest BCUT2D eigenvalue weighted by Crippen LogP contribution is 2.27. The number of likely N-dealkylation sites (N-methyl/N-ethyl adjacent to an activating group) is 2. The Balaban J connectivity index is 2.43. The van der Waals surface area contributed by atoms with Gasteiger partial charge in [0.25, 0.3) is 0 Å². The summed E-state index contributed by atoms with van der Waals surface area (Å²) in [5, 5.41) is 1.12. The standard InChI is InChI=1S/C15H22N4/c1-11-9-15(19(4)8-7-18(2)3)13-10-12(16)5-6-14(13)17-11/h5-6,9-10H,7-8,16H2,1-4H3. The molecule has 0 bridgehead atoms. The van der Waals surface area contributed by atoms with E-state index >= 15 is 0 Å². The van der Waals surface area contributed by atoms with Crippen LogP contribution in [0.25, 0.3) is 10.9 Å². The topological polar surface area (TPSA) is 45.4 Å². The predicted molar refractivity (Wildman–Crippen MR) is 82.7 cm³/mol. The van der Waals surface area contributed by atoms with Crippen molar-refractivity contribution in [2.45, 2.75) is 6.92 Å². The van der Waals surface area contributed by atoms with Crippen LogP contribution in [-0.2, 0) is 0 Å². The first-order valence-electron chi connectivity index (χ1n) is 6.50. The van der Waals surface area contributed by atoms with E-state index in [1.807, 2.05) is 25.1 Å². The summed E-state index contributed by atoms with van der Waals surface area (Å²) in [5.41, 5.74) is 9.90. The highest BCUT2D eigenvalue weighted by atomic mass is 15.2. The summed E-state index contributed by atoms with van der Waals surface area (Å²) in [5.74, 6) is 0. The van der Waals surface area contributed by atoms with Gasteiger partial charge < -0.3 is 15.5 Å². The van der Waals surface area contributed by atoms with E-state index in [0.29, 0.717) is 0 Å². The number of rotatable bonds is 4. The number of nitrogen functional groups attached to an aromatic ring is 1. The molecule has 0 aliphatic rings. The second-order valence-corrected chi connectivity index (χ2v) is 5.28. The van der Waals surface area contributed by atoms with Crippen molar-refractivity contribution in [2.75, 3.05) is 44.9 Å². The molecule has 4 heteroatoms. The van der Waals surface area contributed by atoms with Gasteiger partial charge in [0.15, 0.2) is 0 Å². The van der Waals surface area contributed by atoms with Crippen LogP contribution in [0.3, 0.4) is 0 Å². The maximum Gasteiger partial charge on any atom is 0.0727 e. The third-order valence-corrected chi connectivity index (χ3v) is 3.23. The molecular weight excluding hydrogens is 236 g/mol. The first-order valence-corrected chi connectivity index (χ1v) is 6.50. The summed E-state index contributed by atoms with van der Waals surface area (Å²) in [6.45, 7) is 4.01. The van der Waals surface area contributed by atoms with E-state index in [9.17, 15) is 0 Å². The maximum atomic E-state index is 5.90. The average Bonchev–Trinajstić information content (AvgIpc) is 2.35. The van der Waals surface area contributed by atoms with Gasteiger partial charge in [-0.05, 0) is 45.3 Å². The second kappa shape index (κ2) is 5.45. The number of hydrogen-bond donors (Lipinski definition) is 1. The minimum absolute atomic E-state index is 0.778. The fourth-order valence-electron chi connectivity index (χ4n) is 2.14. The number of anilines is 2. The highest BCUT2D eigenvalue weighted by molar-refractivity contribution is 5.93. The Hall–Kier alpha value is -1.81. The molecule has 0 atom stereocenters. The van der Waals surface area contributed by atoms with E-state index in [2.05, 4.69) is 42.0 Å². The molecule has 0 unspecified atom stereocenters. The normalized spacial score (nSPS) is 11.2. The monoisotopic (exact) mass is 258 g/mol. The van der Waals surface area contributed by atoms with Crippen LogP contribution in [0.5, 0.6) is 0 Å². The first kappa shape index (κ1) is 13.6. The van der Waals surface area contributed by atoms with Crippen molar-refractivity contribution in [3.8, 4) is 0 Å². The largest absolute Gasteiger partial charge is 0.399 e. The second-order valence-electron chi connectivity index (χ2n) is 5.28. The Labute approximate surface area is 114 Å². The van der Waals surface area contributed by atoms with Gasteiger partial charge in [0.05, 0.1) is 5.52 Å². The van der Waals surface area contributed by atoms with E-state index in [1.165, 1.54) is 5.69 Å². The molecule has 0 aliphatic carbocycles. The number of pyridine rings is 1. The summed E-state index contributed by atoms with van der Waals surface area (Å²) in [6.07, 6.45) is 0. The van der Waals surface area contributed by atoms with Crippen LogP contribution in [0.1, 0.15) is 5.69 Å². The molecule has 0 aliphatic heterocycles. The number of hydrogen-bond acceptors (Lipinski definition) is 4. The summed E-state index contributed by atoms with van der Waals surface area (Å²) in [4.78, 5) is 9.00. The van der Waals surface area contributed by atoms with Gasteiger partial charge in [-0.15, -0.1) is 0 Å². The van der Waals surface area contributed by atoms with Crippen molar-refractivity contribution in [1.29, 1.82) is 0 Å². The van der Waals surface area contributed by atoms with Crippen LogP contribution >= 0.6 is 0 Å². The summed E-state index contributed by atoms with van der Waals surface area (Å²) in [7, 11) is 6.28. The van der Waals surface area contributed by atoms with Crippen molar-refractivity contribution in [2.24, 2.45) is 0 Å². The summed E-state index contributed by atoms with van der Waals surface area (Å²) in [6, 6.07) is 8.01. The molecule has 0 saturated carbocycles. The van der Waals surface area contributed by atoms with Crippen LogP contribution in [0.4, 0.5) is 11.4 Å². The minimum Gasteiger partial charge on any atom is -0.399 e. The molecule has 2 rings (SSSR count). The van der Waals surface area contributed by atoms with E-state index in [0.717, 1.165) is 35.4 Å². The molecule has 2 N–H and O–H groups in total. The summed E-state index contributed by atoms with van der Waals surface area (Å²) >= 11 is 0. The third-order valence-electron chi connectivity index (χ3n) is 3.23. The molecule has 0 radical (unpaired) electrons. The number of aryl methyl sites for hydroxylation is 1. The van der Waals surface area contributed by atoms with Crippen molar-refractivity contribution >= 4 is 22.3 Å². The van der Waals surface area contributed by atoms with E-state index in [1.54, 1.807) is 0 Å². The smallest absolute Gasteiger partial charge is 0.0727 e. The molecule has 0 fully saturated rings. The predicted octanol–water partition coefficient (Wildman–Crippen LogP) is 2.12. The van der Waals surface area contributed by atoms with E-state index < -0.39 is 0 Å². The lowest BCUT2D eigenvalue weighted by Crippen LogP contribution is -2.28. The maximum absolute atomic E-state index is 5.90. The Morgan fingerprint density at radius 2 is 1.84 bits per heavy atom. The van der Waals surface area contributed by atoms with Crippen molar-refractivity contribution in [1.82, 2.24) is 9.88 Å². The van der Waals surface area contributed by atoms with Crippen molar-refractivity contribution in [3.05, 3.63) is 30.0 Å². The number of benzene rings is 1. The minimum atomic E-state index is 0.778. The van der Waals surface area contributed by atoms with Gasteiger partial charge in [0.1, 0.15) is 0 Å².